The van der Waals surface area contributed by atoms with Gasteiger partial charge in [0.15, 0.2) is 5.82 Å². The molecule has 2 atom stereocenters. The van der Waals surface area contributed by atoms with E-state index in [0.717, 1.165) is 49.0 Å². The first-order valence-electron chi connectivity index (χ1n) is 8.07. The molecule has 6 heteroatoms. The van der Waals surface area contributed by atoms with Crippen LogP contribution in [-0.2, 0) is 4.79 Å². The van der Waals surface area contributed by atoms with Crippen molar-refractivity contribution in [3.63, 3.8) is 0 Å². The van der Waals surface area contributed by atoms with E-state index in [9.17, 15) is 4.79 Å². The Balaban J connectivity index is 1.67. The molecule has 3 rings (SSSR count). The Morgan fingerprint density at radius 3 is 2.77 bits per heavy atom. The third-order valence-electron chi connectivity index (χ3n) is 4.46. The van der Waals surface area contributed by atoms with Crippen LogP contribution in [0.3, 0.4) is 0 Å². The van der Waals surface area contributed by atoms with Crippen LogP contribution in [-0.4, -0.2) is 51.4 Å². The third-order valence-corrected chi connectivity index (χ3v) is 5.40. The zero-order chi connectivity index (χ0) is 15.5. The molecule has 1 aliphatic heterocycles. The van der Waals surface area contributed by atoms with E-state index in [-0.39, 0.29) is 18.0 Å². The van der Waals surface area contributed by atoms with Gasteiger partial charge in [-0.3, -0.25) is 9.69 Å². The molecule has 5 nitrogen and oxygen atoms in total. The summed E-state index contributed by atoms with van der Waals surface area (Å²) in [7, 11) is 0. The Hall–Kier alpha value is -1.14. The minimum absolute atomic E-state index is 0.0333. The lowest BCUT2D eigenvalue weighted by atomic mass is 10.1. The van der Waals surface area contributed by atoms with Gasteiger partial charge in [-0.15, -0.1) is 0 Å². The number of hydrogen-bond donors (Lipinski definition) is 1. The Kier molecular flexibility index (Phi) is 4.98. The predicted molar refractivity (Wildman–Crippen MR) is 88.7 cm³/mol. The van der Waals surface area contributed by atoms with Crippen molar-refractivity contribution in [2.24, 2.45) is 5.92 Å². The molecule has 0 radical (unpaired) electrons. The first kappa shape index (κ1) is 15.7. The number of carbonyl (C=O) groups is 1. The van der Waals surface area contributed by atoms with E-state index in [4.69, 9.17) is 0 Å². The second-order valence-corrected chi connectivity index (χ2v) is 7.43. The van der Waals surface area contributed by atoms with Crippen molar-refractivity contribution in [2.45, 2.75) is 38.8 Å². The number of rotatable bonds is 5. The highest BCUT2D eigenvalue weighted by Crippen LogP contribution is 2.40. The van der Waals surface area contributed by atoms with E-state index in [0.29, 0.717) is 5.92 Å². The maximum atomic E-state index is 12.6. The van der Waals surface area contributed by atoms with E-state index in [1.54, 1.807) is 6.20 Å². The van der Waals surface area contributed by atoms with Crippen molar-refractivity contribution in [3.05, 3.63) is 23.8 Å². The van der Waals surface area contributed by atoms with Crippen LogP contribution in [0, 0.1) is 12.8 Å². The lowest BCUT2D eigenvalue weighted by molar-refractivity contribution is -0.126. The number of nitrogens with one attached hydrogen (secondary N) is 1. The van der Waals surface area contributed by atoms with Gasteiger partial charge in [-0.05, 0) is 38.7 Å². The molecular weight excluding hydrogens is 296 g/mol. The lowest BCUT2D eigenvalue weighted by Crippen LogP contribution is -2.49. The van der Waals surface area contributed by atoms with Gasteiger partial charge in [0, 0.05) is 36.5 Å². The molecule has 0 bridgehead atoms. The molecule has 0 spiro atoms. The minimum atomic E-state index is -0.0769. The second-order valence-electron chi connectivity index (χ2n) is 6.20. The van der Waals surface area contributed by atoms with Crippen molar-refractivity contribution in [1.29, 1.82) is 0 Å². The molecule has 2 aliphatic rings. The van der Waals surface area contributed by atoms with Gasteiger partial charge in [-0.25, -0.2) is 9.97 Å². The minimum Gasteiger partial charge on any atom is -0.344 e. The van der Waals surface area contributed by atoms with E-state index in [2.05, 4.69) is 20.2 Å². The van der Waals surface area contributed by atoms with Crippen LogP contribution in [0.4, 0.5) is 0 Å². The van der Waals surface area contributed by atoms with E-state index >= 15 is 0 Å². The van der Waals surface area contributed by atoms with Crippen LogP contribution in [0.1, 0.15) is 37.3 Å². The number of aryl methyl sites for hydroxylation is 1. The lowest BCUT2D eigenvalue weighted by Gasteiger charge is -2.32. The largest absolute Gasteiger partial charge is 0.344 e. The van der Waals surface area contributed by atoms with Crippen LogP contribution >= 0.6 is 11.8 Å². The smallest absolute Gasteiger partial charge is 0.237 e. The average Bonchev–Trinajstić information content (AvgIpc) is 3.37. The topological polar surface area (TPSA) is 58.1 Å². The summed E-state index contributed by atoms with van der Waals surface area (Å²) in [4.78, 5) is 23.8. The molecule has 1 aromatic heterocycles. The highest BCUT2D eigenvalue weighted by Gasteiger charge is 2.36. The summed E-state index contributed by atoms with van der Waals surface area (Å²) in [6.07, 6.45) is 4.08. The first-order chi connectivity index (χ1) is 10.6. The summed E-state index contributed by atoms with van der Waals surface area (Å²) in [5.74, 6) is 3.59. The van der Waals surface area contributed by atoms with Crippen LogP contribution in [0.25, 0.3) is 0 Å². The highest BCUT2D eigenvalue weighted by molar-refractivity contribution is 7.99. The summed E-state index contributed by atoms with van der Waals surface area (Å²) in [5.41, 5.74) is 0.950. The monoisotopic (exact) mass is 320 g/mol. The maximum Gasteiger partial charge on any atom is 0.237 e. The molecule has 1 saturated carbocycles. The molecule has 0 unspecified atom stereocenters. The van der Waals surface area contributed by atoms with Gasteiger partial charge >= 0.3 is 0 Å². The van der Waals surface area contributed by atoms with E-state index < -0.39 is 0 Å². The van der Waals surface area contributed by atoms with Crippen LogP contribution in [0.15, 0.2) is 12.3 Å². The number of aromatic nitrogens is 2. The molecule has 1 saturated heterocycles. The average molecular weight is 320 g/mol. The number of thioether (sulfide) groups is 1. The van der Waals surface area contributed by atoms with Crippen LogP contribution in [0.5, 0.6) is 0 Å². The molecule has 2 fully saturated rings. The van der Waals surface area contributed by atoms with Crippen LogP contribution in [0.2, 0.25) is 0 Å². The predicted octanol–water partition coefficient (Wildman–Crippen LogP) is 1.79. The molecule has 22 heavy (non-hydrogen) atoms. The van der Waals surface area contributed by atoms with Crippen LogP contribution < -0.4 is 5.32 Å². The van der Waals surface area contributed by atoms with Crippen molar-refractivity contribution in [3.8, 4) is 0 Å². The molecule has 0 aromatic carbocycles. The van der Waals surface area contributed by atoms with Gasteiger partial charge in [-0.2, -0.15) is 11.8 Å². The van der Waals surface area contributed by atoms with Gasteiger partial charge in [-0.1, -0.05) is 0 Å². The highest BCUT2D eigenvalue weighted by atomic mass is 32.2. The van der Waals surface area contributed by atoms with Crippen molar-refractivity contribution in [2.75, 3.05) is 24.6 Å². The van der Waals surface area contributed by atoms with Gasteiger partial charge in [0.25, 0.3) is 0 Å². The SMILES string of the molecule is Cc1ccnc([C@@H](NC(=O)[C@@H](C)N2CCSCC2)C2CC2)n1. The summed E-state index contributed by atoms with van der Waals surface area (Å²) in [5, 5.41) is 3.21. The molecule has 120 valence electrons. The molecule has 1 N–H and O–H groups in total. The second kappa shape index (κ2) is 6.96. The number of amides is 1. The summed E-state index contributed by atoms with van der Waals surface area (Å²) in [6.45, 7) is 5.96. The van der Waals surface area contributed by atoms with Gasteiger partial charge < -0.3 is 5.32 Å². The zero-order valence-corrected chi connectivity index (χ0v) is 14.1. The fourth-order valence-corrected chi connectivity index (χ4v) is 3.78. The Bertz CT molecular complexity index is 529. The third kappa shape index (κ3) is 3.79. The summed E-state index contributed by atoms with van der Waals surface area (Å²) in [6, 6.07) is 1.78. The maximum absolute atomic E-state index is 12.6. The number of carbonyl (C=O) groups excluding carboxylic acids is 1. The van der Waals surface area contributed by atoms with Gasteiger partial charge in [0.1, 0.15) is 0 Å². The zero-order valence-electron chi connectivity index (χ0n) is 13.3. The van der Waals surface area contributed by atoms with Crippen molar-refractivity contribution in [1.82, 2.24) is 20.2 Å². The van der Waals surface area contributed by atoms with Gasteiger partial charge in [0.2, 0.25) is 5.91 Å². The Labute approximate surface area is 136 Å². The Morgan fingerprint density at radius 1 is 1.41 bits per heavy atom. The Morgan fingerprint density at radius 2 is 2.14 bits per heavy atom. The molecule has 1 aromatic rings. The quantitative estimate of drug-likeness (QED) is 0.896. The standard InChI is InChI=1S/C16H24N4OS/c1-11-5-6-17-15(18-11)14(13-3-4-13)19-16(21)12(2)20-7-9-22-10-8-20/h5-6,12-14H,3-4,7-10H2,1-2H3,(H,19,21)/t12-,14+/m1/s1. The molecule has 2 heterocycles. The molecule has 1 amide bonds. The summed E-state index contributed by atoms with van der Waals surface area (Å²) < 4.78 is 0. The molecular formula is C16H24N4OS. The fourth-order valence-electron chi connectivity index (χ4n) is 2.85. The van der Waals surface area contributed by atoms with Crippen molar-refractivity contribution >= 4 is 17.7 Å². The normalized spacial score (nSPS) is 22.1. The number of nitrogens with zero attached hydrogens (tertiary/aromatic N) is 3. The van der Waals surface area contributed by atoms with Crippen molar-refractivity contribution < 1.29 is 4.79 Å². The van der Waals surface area contributed by atoms with E-state index in [1.165, 1.54) is 0 Å². The van der Waals surface area contributed by atoms with Gasteiger partial charge in [0.05, 0.1) is 12.1 Å². The fraction of sp³-hybridized carbons (Fsp3) is 0.688. The molecule has 1 aliphatic carbocycles. The van der Waals surface area contributed by atoms with E-state index in [1.807, 2.05) is 31.7 Å². The number of hydrogen-bond acceptors (Lipinski definition) is 5. The first-order valence-corrected chi connectivity index (χ1v) is 9.22. The summed E-state index contributed by atoms with van der Waals surface area (Å²) >= 11 is 1.96.